The average Bonchev–Trinajstić information content (AvgIpc) is 2.03. The van der Waals surface area contributed by atoms with Crippen molar-refractivity contribution >= 4 is 16.3 Å². The molecule has 0 saturated carbocycles. The predicted octanol–water partition coefficient (Wildman–Crippen LogP) is 2.74. The molecule has 0 unspecified atom stereocenters. The Balaban J connectivity index is 3.08. The second kappa shape index (κ2) is 3.54. The van der Waals surface area contributed by atoms with Crippen molar-refractivity contribution in [2.45, 2.75) is 31.1 Å². The normalized spacial score (nSPS) is 12.0. The molecule has 0 N–H and O–H groups in total. The molecule has 0 saturated heterocycles. The number of hydrogen-bond acceptors (Lipinski definition) is 2. The van der Waals surface area contributed by atoms with Crippen molar-refractivity contribution in [2.75, 3.05) is 0 Å². The van der Waals surface area contributed by atoms with Crippen LogP contribution in [0.5, 0.6) is 0 Å². The van der Waals surface area contributed by atoms with Crippen molar-refractivity contribution in [3.05, 3.63) is 29.8 Å². The van der Waals surface area contributed by atoms with Crippen LogP contribution in [-0.2, 0) is 20.0 Å². The van der Waals surface area contributed by atoms with Gasteiger partial charge >= 0.3 is 0 Å². The Morgan fingerprint density at radius 1 is 1.15 bits per heavy atom. The van der Waals surface area contributed by atoms with Crippen LogP contribution >= 0.6 is 0 Å². The van der Waals surface area contributed by atoms with Gasteiger partial charge in [-0.3, -0.25) is 10.4 Å². The fourth-order valence-electron chi connectivity index (χ4n) is 1.11. The van der Waals surface area contributed by atoms with E-state index in [0.717, 1.165) is 4.90 Å². The van der Waals surface area contributed by atoms with Gasteiger partial charge < -0.3 is 4.21 Å². The van der Waals surface area contributed by atoms with Gasteiger partial charge in [-0.25, -0.2) is 0 Å². The maximum absolute atomic E-state index is 11.0. The molecule has 0 aromatic heterocycles. The largest absolute Gasteiger partial charge is 0.457 e. The summed E-state index contributed by atoms with van der Waals surface area (Å²) >= 11 is 0. The molecule has 2 heteroatoms. The molecular formula is C11H15OS-. The van der Waals surface area contributed by atoms with Crippen molar-refractivity contribution in [2.24, 2.45) is 0 Å². The quantitative estimate of drug-likeness (QED) is 0.497. The Kier molecular flexibility index (Phi) is 2.81. The molecule has 1 rings (SSSR count). The lowest BCUT2D eigenvalue weighted by atomic mass is 9.87. The Bertz CT molecular complexity index is 345. The molecule has 1 nitrogen and oxygen atoms in total. The van der Waals surface area contributed by atoms with Crippen LogP contribution in [0.15, 0.2) is 29.2 Å². The molecule has 0 amide bonds. The third-order valence-electron chi connectivity index (χ3n) is 1.98. The molecule has 0 fully saturated rings. The van der Waals surface area contributed by atoms with E-state index in [1.807, 2.05) is 24.3 Å². The van der Waals surface area contributed by atoms with Crippen molar-refractivity contribution < 1.29 is 4.21 Å². The maximum atomic E-state index is 11.0. The summed E-state index contributed by atoms with van der Waals surface area (Å²) in [4.78, 5) is 0.785. The highest BCUT2D eigenvalue weighted by molar-refractivity contribution is 7.82. The van der Waals surface area contributed by atoms with E-state index in [1.165, 1.54) is 5.56 Å². The van der Waals surface area contributed by atoms with Crippen molar-refractivity contribution in [1.82, 2.24) is 0 Å². The summed E-state index contributed by atoms with van der Waals surface area (Å²) in [5.74, 6) is 3.47. The highest BCUT2D eigenvalue weighted by Crippen LogP contribution is 2.22. The lowest BCUT2D eigenvalue weighted by Crippen LogP contribution is -2.10. The van der Waals surface area contributed by atoms with Gasteiger partial charge in [-0.05, 0) is 11.0 Å². The third kappa shape index (κ3) is 2.59. The van der Waals surface area contributed by atoms with E-state index in [2.05, 4.69) is 26.6 Å². The summed E-state index contributed by atoms with van der Waals surface area (Å²) in [5.41, 5.74) is 1.41. The zero-order valence-corrected chi connectivity index (χ0v) is 9.15. The van der Waals surface area contributed by atoms with Gasteiger partial charge in [-0.15, -0.1) is 4.90 Å². The van der Waals surface area contributed by atoms with Gasteiger partial charge in [0, 0.05) is 0 Å². The monoisotopic (exact) mass is 195 g/mol. The molecular weight excluding hydrogens is 180 g/mol. The molecule has 0 aliphatic rings. The van der Waals surface area contributed by atoms with E-state index in [4.69, 9.17) is 0 Å². The van der Waals surface area contributed by atoms with Crippen molar-refractivity contribution in [3.8, 4) is 0 Å². The van der Waals surface area contributed by atoms with E-state index in [0.29, 0.717) is 0 Å². The van der Waals surface area contributed by atoms with Crippen LogP contribution in [0.1, 0.15) is 26.3 Å². The molecule has 0 bridgehead atoms. The average molecular weight is 195 g/mol. The minimum absolute atomic E-state index is 0.154. The number of hydrogen-bond donors (Lipinski definition) is 0. The first kappa shape index (κ1) is 10.3. The minimum Gasteiger partial charge on any atom is -0.457 e. The van der Waals surface area contributed by atoms with Crippen LogP contribution in [-0.4, -0.2) is 5.87 Å². The smallest absolute Gasteiger partial charge is 0.0132 e. The van der Waals surface area contributed by atoms with E-state index in [1.54, 1.807) is 0 Å². The minimum atomic E-state index is -1.11. The summed E-state index contributed by atoms with van der Waals surface area (Å²) in [6.45, 7) is 6.47. The molecule has 0 heterocycles. The van der Waals surface area contributed by atoms with Crippen LogP contribution in [0.4, 0.5) is 0 Å². The first-order valence-corrected chi connectivity index (χ1v) is 5.55. The molecule has 0 aliphatic heterocycles. The number of rotatable bonds is 1. The number of benzene rings is 1. The fraction of sp³-hybridized carbons (Fsp3) is 0.364. The van der Waals surface area contributed by atoms with Gasteiger partial charge in [0.1, 0.15) is 0 Å². The van der Waals surface area contributed by atoms with E-state index >= 15 is 0 Å². The summed E-state index contributed by atoms with van der Waals surface area (Å²) in [5, 5.41) is 0. The molecule has 13 heavy (non-hydrogen) atoms. The summed E-state index contributed by atoms with van der Waals surface area (Å²) in [7, 11) is -1.11. The summed E-state index contributed by atoms with van der Waals surface area (Å²) in [6.07, 6.45) is 0. The van der Waals surface area contributed by atoms with E-state index in [9.17, 15) is 4.21 Å². The third-order valence-corrected chi connectivity index (χ3v) is 2.78. The van der Waals surface area contributed by atoms with E-state index in [-0.39, 0.29) is 5.41 Å². The summed E-state index contributed by atoms with van der Waals surface area (Å²) < 4.78 is 11.0. The Hall–Kier alpha value is -0.760. The fourth-order valence-corrected chi connectivity index (χ4v) is 1.55. The van der Waals surface area contributed by atoms with Crippen molar-refractivity contribution in [3.63, 3.8) is 0 Å². The molecule has 72 valence electrons. The second-order valence-electron chi connectivity index (χ2n) is 4.12. The Morgan fingerprint density at radius 3 is 1.92 bits per heavy atom. The van der Waals surface area contributed by atoms with Crippen LogP contribution in [0, 0.1) is 0 Å². The van der Waals surface area contributed by atoms with Gasteiger partial charge in [0.15, 0.2) is 0 Å². The van der Waals surface area contributed by atoms with Crippen LogP contribution in [0.3, 0.4) is 0 Å². The maximum Gasteiger partial charge on any atom is -0.0132 e. The first-order chi connectivity index (χ1) is 5.91. The lowest BCUT2D eigenvalue weighted by molar-refractivity contribution is 0.588. The van der Waals surface area contributed by atoms with Gasteiger partial charge in [0.25, 0.3) is 0 Å². The molecule has 1 aromatic carbocycles. The Labute approximate surface area is 81.8 Å². The van der Waals surface area contributed by atoms with Crippen LogP contribution in [0.25, 0.3) is 0 Å². The first-order valence-electron chi connectivity index (χ1n) is 4.23. The highest BCUT2D eigenvalue weighted by Gasteiger charge is 2.11. The standard InChI is InChI=1S/C11H15OS/c1-11(2,3)9-5-7-10(8-6-9)13(4)12/h5-8H,4H2,1-3H3/q-1. The zero-order valence-electron chi connectivity index (χ0n) is 8.33. The topological polar surface area (TPSA) is 17.1 Å². The van der Waals surface area contributed by atoms with Gasteiger partial charge in [-0.2, -0.15) is 5.87 Å². The predicted molar refractivity (Wildman–Crippen MR) is 58.6 cm³/mol. The lowest BCUT2D eigenvalue weighted by Gasteiger charge is -2.19. The molecule has 0 aliphatic carbocycles. The SMILES string of the molecule is C=[S-](=O)c1ccc(C(C)(C)C)cc1. The molecule has 0 spiro atoms. The van der Waals surface area contributed by atoms with E-state index < -0.39 is 10.4 Å². The molecule has 0 atom stereocenters. The van der Waals surface area contributed by atoms with Gasteiger partial charge in [0.2, 0.25) is 0 Å². The van der Waals surface area contributed by atoms with Gasteiger partial charge in [-0.1, -0.05) is 45.0 Å². The van der Waals surface area contributed by atoms with Crippen LogP contribution < -0.4 is 0 Å². The molecule has 0 radical (unpaired) electrons. The summed E-state index contributed by atoms with van der Waals surface area (Å²) in [6, 6.07) is 7.78. The van der Waals surface area contributed by atoms with Crippen LogP contribution in [0.2, 0.25) is 0 Å². The highest BCUT2D eigenvalue weighted by atomic mass is 32.2. The van der Waals surface area contributed by atoms with Crippen molar-refractivity contribution in [1.29, 1.82) is 0 Å². The second-order valence-corrected chi connectivity index (χ2v) is 5.28. The van der Waals surface area contributed by atoms with Gasteiger partial charge in [0.05, 0.1) is 0 Å². The molecule has 1 aromatic rings. The zero-order chi connectivity index (χ0) is 10.1. The Morgan fingerprint density at radius 2 is 1.62 bits per heavy atom.